The Labute approximate surface area is 202 Å². The molecule has 0 aliphatic rings. The average Bonchev–Trinajstić information content (AvgIpc) is 2.86. The maximum atomic E-state index is 12.6. The Morgan fingerprint density at radius 1 is 0.800 bits per heavy atom. The van der Waals surface area contributed by atoms with Gasteiger partial charge in [-0.25, -0.2) is 17.9 Å². The van der Waals surface area contributed by atoms with Crippen molar-refractivity contribution in [3.8, 4) is 0 Å². The summed E-state index contributed by atoms with van der Waals surface area (Å²) >= 11 is 0. The third-order valence-electron chi connectivity index (χ3n) is 4.93. The van der Waals surface area contributed by atoms with Gasteiger partial charge in [0.15, 0.2) is 0 Å². The molecule has 3 aromatic rings. The lowest BCUT2D eigenvalue weighted by molar-refractivity contribution is -0.123. The molecule has 1 unspecified atom stereocenters. The smallest absolute Gasteiger partial charge is 0.312 e. The molecule has 0 spiro atoms. The lowest BCUT2D eigenvalue weighted by atomic mass is 10.1. The Bertz CT molecular complexity index is 1280. The number of hydrogen-bond acceptors (Lipinski definition) is 5. The second-order valence-corrected chi connectivity index (χ2v) is 9.30. The van der Waals surface area contributed by atoms with E-state index in [1.165, 1.54) is 24.3 Å². The molecule has 3 rings (SSSR count). The average molecular weight is 496 g/mol. The van der Waals surface area contributed by atoms with Crippen molar-refractivity contribution in [1.29, 1.82) is 0 Å². The first-order valence-corrected chi connectivity index (χ1v) is 12.1. The van der Waals surface area contributed by atoms with E-state index in [9.17, 15) is 22.8 Å². The van der Waals surface area contributed by atoms with E-state index in [0.29, 0.717) is 0 Å². The molecule has 0 saturated heterocycles. The van der Waals surface area contributed by atoms with Crippen molar-refractivity contribution >= 4 is 27.9 Å². The molecule has 11 heteroatoms. The molecule has 6 N–H and O–H groups in total. The van der Waals surface area contributed by atoms with Gasteiger partial charge in [0, 0.05) is 18.5 Å². The van der Waals surface area contributed by atoms with Crippen LogP contribution >= 0.6 is 0 Å². The number of rotatable bonds is 9. The highest BCUT2D eigenvalue weighted by Gasteiger charge is 2.22. The number of carbonyl (C=O) groups excluding carboxylic acids is 3. The van der Waals surface area contributed by atoms with Crippen LogP contribution in [0, 0.1) is 0 Å². The van der Waals surface area contributed by atoms with Crippen LogP contribution < -0.4 is 26.6 Å². The van der Waals surface area contributed by atoms with E-state index in [2.05, 4.69) is 20.9 Å². The van der Waals surface area contributed by atoms with Crippen molar-refractivity contribution in [2.24, 2.45) is 5.73 Å². The highest BCUT2D eigenvalue weighted by Crippen LogP contribution is 2.12. The van der Waals surface area contributed by atoms with Crippen molar-refractivity contribution in [3.63, 3.8) is 0 Å². The molecule has 3 aromatic carbocycles. The van der Waals surface area contributed by atoms with Crippen molar-refractivity contribution in [2.45, 2.75) is 23.9 Å². The SMILES string of the molecule is NC(=O)NC(Cc1ccccc1)C(=O)NNC(=O)c1cccc(S(=O)(=O)NCc2ccccc2)c1. The number of carbonyl (C=O) groups is 3. The van der Waals surface area contributed by atoms with Crippen LogP contribution in [0.3, 0.4) is 0 Å². The molecule has 0 fully saturated rings. The number of hydrazine groups is 1. The summed E-state index contributed by atoms with van der Waals surface area (Å²) in [7, 11) is -3.89. The minimum atomic E-state index is -3.89. The predicted molar refractivity (Wildman–Crippen MR) is 129 cm³/mol. The van der Waals surface area contributed by atoms with Gasteiger partial charge in [-0.05, 0) is 29.3 Å². The lowest BCUT2D eigenvalue weighted by Crippen LogP contribution is -2.54. The summed E-state index contributed by atoms with van der Waals surface area (Å²) in [4.78, 5) is 36.3. The molecule has 0 aromatic heterocycles. The fourth-order valence-electron chi connectivity index (χ4n) is 3.17. The Kier molecular flexibility index (Phi) is 8.54. The fraction of sp³-hybridized carbons (Fsp3) is 0.125. The van der Waals surface area contributed by atoms with Crippen molar-refractivity contribution in [1.82, 2.24) is 20.9 Å². The monoisotopic (exact) mass is 495 g/mol. The van der Waals surface area contributed by atoms with Gasteiger partial charge in [0.25, 0.3) is 11.8 Å². The molecule has 10 nitrogen and oxygen atoms in total. The molecule has 0 aliphatic carbocycles. The van der Waals surface area contributed by atoms with E-state index < -0.39 is 33.9 Å². The van der Waals surface area contributed by atoms with Gasteiger partial charge in [-0.3, -0.25) is 20.4 Å². The van der Waals surface area contributed by atoms with Crippen LogP contribution in [0.2, 0.25) is 0 Å². The summed E-state index contributed by atoms with van der Waals surface area (Å²) in [5.74, 6) is -1.44. The Morgan fingerprint density at radius 2 is 1.43 bits per heavy atom. The van der Waals surface area contributed by atoms with Gasteiger partial charge in [0.1, 0.15) is 6.04 Å². The number of sulfonamides is 1. The molecular weight excluding hydrogens is 470 g/mol. The first-order valence-electron chi connectivity index (χ1n) is 10.6. The summed E-state index contributed by atoms with van der Waals surface area (Å²) in [5.41, 5.74) is 11.2. The van der Waals surface area contributed by atoms with Crippen LogP contribution in [0.15, 0.2) is 89.8 Å². The molecular formula is C24H25N5O5S. The number of nitrogens with two attached hydrogens (primary N) is 1. The van der Waals surface area contributed by atoms with Crippen LogP contribution in [-0.4, -0.2) is 32.3 Å². The Morgan fingerprint density at radius 3 is 2.06 bits per heavy atom. The number of benzene rings is 3. The molecule has 0 radical (unpaired) electrons. The molecule has 0 heterocycles. The summed E-state index contributed by atoms with van der Waals surface area (Å²) in [6, 6.07) is 21.4. The summed E-state index contributed by atoms with van der Waals surface area (Å²) in [6.07, 6.45) is 0.145. The summed E-state index contributed by atoms with van der Waals surface area (Å²) in [6.45, 7) is 0.0886. The third kappa shape index (κ3) is 7.66. The highest BCUT2D eigenvalue weighted by atomic mass is 32.2. The van der Waals surface area contributed by atoms with Gasteiger partial charge < -0.3 is 11.1 Å². The Hall–Kier alpha value is -4.22. The quantitative estimate of drug-likeness (QED) is 0.282. The van der Waals surface area contributed by atoms with Crippen LogP contribution in [-0.2, 0) is 27.8 Å². The number of nitrogens with one attached hydrogen (secondary N) is 4. The molecule has 4 amide bonds. The zero-order chi connectivity index (χ0) is 25.3. The Balaban J connectivity index is 1.63. The molecule has 0 saturated carbocycles. The van der Waals surface area contributed by atoms with Crippen LogP contribution in [0.5, 0.6) is 0 Å². The van der Waals surface area contributed by atoms with Gasteiger partial charge in [-0.2, -0.15) is 0 Å². The number of primary amides is 1. The topological polar surface area (TPSA) is 159 Å². The second kappa shape index (κ2) is 11.8. The van der Waals surface area contributed by atoms with Gasteiger partial charge >= 0.3 is 6.03 Å². The van der Waals surface area contributed by atoms with Crippen molar-refractivity contribution in [3.05, 3.63) is 102 Å². The number of urea groups is 1. The number of hydrogen-bond donors (Lipinski definition) is 5. The van der Waals surface area contributed by atoms with Gasteiger partial charge in [-0.1, -0.05) is 66.7 Å². The van der Waals surface area contributed by atoms with Gasteiger partial charge in [-0.15, -0.1) is 0 Å². The molecule has 182 valence electrons. The van der Waals surface area contributed by atoms with E-state index in [1.807, 2.05) is 12.1 Å². The highest BCUT2D eigenvalue weighted by molar-refractivity contribution is 7.89. The summed E-state index contributed by atoms with van der Waals surface area (Å²) < 4.78 is 27.8. The zero-order valence-corrected chi connectivity index (χ0v) is 19.4. The van der Waals surface area contributed by atoms with Crippen LogP contribution in [0.1, 0.15) is 21.5 Å². The number of amides is 4. The predicted octanol–water partition coefficient (Wildman–Crippen LogP) is 1.21. The maximum Gasteiger partial charge on any atom is 0.312 e. The van der Waals surface area contributed by atoms with Gasteiger partial charge in [0.05, 0.1) is 4.90 Å². The van der Waals surface area contributed by atoms with Crippen LogP contribution in [0.25, 0.3) is 0 Å². The van der Waals surface area contributed by atoms with E-state index in [-0.39, 0.29) is 23.4 Å². The van der Waals surface area contributed by atoms with E-state index in [1.54, 1.807) is 48.5 Å². The minimum absolute atomic E-state index is 0.00959. The fourth-order valence-corrected chi connectivity index (χ4v) is 4.23. The van der Waals surface area contributed by atoms with E-state index in [4.69, 9.17) is 5.73 Å². The normalized spacial score (nSPS) is 11.8. The molecule has 35 heavy (non-hydrogen) atoms. The largest absolute Gasteiger partial charge is 0.352 e. The standard InChI is InChI=1S/C24H25N5O5S/c25-24(32)27-21(14-17-8-3-1-4-9-17)23(31)29-28-22(30)19-12-7-13-20(15-19)35(33,34)26-16-18-10-5-2-6-11-18/h1-13,15,21,26H,14,16H2,(H,28,30)(H,29,31)(H3,25,27,32). The third-order valence-corrected chi connectivity index (χ3v) is 6.33. The van der Waals surface area contributed by atoms with E-state index >= 15 is 0 Å². The lowest BCUT2D eigenvalue weighted by Gasteiger charge is -2.18. The molecule has 0 bridgehead atoms. The van der Waals surface area contributed by atoms with Crippen molar-refractivity contribution < 1.29 is 22.8 Å². The first kappa shape index (κ1) is 25.4. The van der Waals surface area contributed by atoms with Crippen LogP contribution in [0.4, 0.5) is 4.79 Å². The zero-order valence-electron chi connectivity index (χ0n) is 18.6. The molecule has 1 atom stereocenters. The van der Waals surface area contributed by atoms with Crippen molar-refractivity contribution in [2.75, 3.05) is 0 Å². The minimum Gasteiger partial charge on any atom is -0.352 e. The second-order valence-electron chi connectivity index (χ2n) is 7.53. The molecule has 0 aliphatic heterocycles. The summed E-state index contributed by atoms with van der Waals surface area (Å²) in [5, 5.41) is 2.34. The van der Waals surface area contributed by atoms with E-state index in [0.717, 1.165) is 11.1 Å². The maximum absolute atomic E-state index is 12.6. The first-order chi connectivity index (χ1) is 16.7. The van der Waals surface area contributed by atoms with Gasteiger partial charge in [0.2, 0.25) is 10.0 Å².